The molecule has 4 aromatic carbocycles. The van der Waals surface area contributed by atoms with Crippen LogP contribution in [0.1, 0.15) is 5.56 Å². The van der Waals surface area contributed by atoms with E-state index in [-0.39, 0.29) is 24.0 Å². The second kappa shape index (κ2) is 10.0. The number of benzene rings is 4. The predicted octanol–water partition coefficient (Wildman–Crippen LogP) is 2.23. The second-order valence-corrected chi connectivity index (χ2v) is 10.4. The largest absolute Gasteiger partial charge is 1.00 e. The predicted molar refractivity (Wildman–Crippen MR) is 120 cm³/mol. The normalized spacial score (nSPS) is 10.9. The Labute approximate surface area is 186 Å². The van der Waals surface area contributed by atoms with Crippen molar-refractivity contribution >= 4 is 23.2 Å². The van der Waals surface area contributed by atoms with E-state index < -0.39 is 7.26 Å². The maximum absolute atomic E-state index is 2.32. The summed E-state index contributed by atoms with van der Waals surface area (Å²) in [6.45, 7) is 0. The van der Waals surface area contributed by atoms with Crippen molar-refractivity contribution in [2.75, 3.05) is 6.16 Å². The number of hydrogen-bond acceptors (Lipinski definition) is 0. The van der Waals surface area contributed by atoms with Crippen molar-refractivity contribution in [3.8, 4) is 0 Å². The van der Waals surface area contributed by atoms with Crippen LogP contribution in [0.15, 0.2) is 121 Å². The summed E-state index contributed by atoms with van der Waals surface area (Å²) in [5, 5.41) is 4.37. The van der Waals surface area contributed by atoms with Gasteiger partial charge in [0.2, 0.25) is 0 Å². The first-order chi connectivity index (χ1) is 13.4. The summed E-state index contributed by atoms with van der Waals surface area (Å²) in [5.41, 5.74) is 1.41. The molecule has 0 saturated heterocycles. The summed E-state index contributed by atoms with van der Waals surface area (Å²) in [5.74, 6) is 0. The molecule has 0 unspecified atom stereocenters. The van der Waals surface area contributed by atoms with Crippen LogP contribution in [0.25, 0.3) is 0 Å². The van der Waals surface area contributed by atoms with Gasteiger partial charge in [0, 0.05) is 6.42 Å². The summed E-state index contributed by atoms with van der Waals surface area (Å²) in [6.07, 6.45) is 2.21. The van der Waals surface area contributed by atoms with Crippen LogP contribution in [0.5, 0.6) is 0 Å². The molecule has 0 N–H and O–H groups in total. The van der Waals surface area contributed by atoms with Gasteiger partial charge in [-0.15, -0.1) is 0 Å². The number of hydrogen-bond donors (Lipinski definition) is 0. The van der Waals surface area contributed by atoms with Crippen LogP contribution >= 0.6 is 7.26 Å². The summed E-state index contributed by atoms with van der Waals surface area (Å²) in [6, 6.07) is 44.2. The molecule has 0 atom stereocenters. The molecule has 0 fully saturated rings. The molecule has 0 radical (unpaired) electrons. The van der Waals surface area contributed by atoms with Crippen LogP contribution in [0.2, 0.25) is 0 Å². The summed E-state index contributed by atoms with van der Waals surface area (Å²) >= 11 is 0. The Kier molecular flexibility index (Phi) is 7.42. The lowest BCUT2D eigenvalue weighted by atomic mass is 10.2. The molecule has 28 heavy (non-hydrogen) atoms. The lowest BCUT2D eigenvalue weighted by Crippen LogP contribution is -3.00. The van der Waals surface area contributed by atoms with E-state index in [0.29, 0.717) is 0 Å². The number of aryl methyl sites for hydroxylation is 1. The van der Waals surface area contributed by atoms with Gasteiger partial charge in [0.1, 0.15) is 23.2 Å². The van der Waals surface area contributed by atoms with E-state index in [1.54, 1.807) is 0 Å². The molecule has 0 aliphatic heterocycles. The summed E-state index contributed by atoms with van der Waals surface area (Å²) in [7, 11) is -1.72. The standard InChI is InChI=1S/C26H24P.HI/c1-5-13-23(14-6-1)21-22-27(24-15-7-2-8-16-24,25-17-9-3-10-18-25)26-19-11-4-12-20-26;/h1-20H,21-22H2;1H/q+1;/p-1. The molecule has 4 rings (SSSR count). The van der Waals surface area contributed by atoms with Crippen molar-refractivity contribution < 1.29 is 24.0 Å². The monoisotopic (exact) mass is 494 g/mol. The van der Waals surface area contributed by atoms with E-state index in [2.05, 4.69) is 121 Å². The molecule has 0 amide bonds. The fourth-order valence-corrected chi connectivity index (χ4v) is 8.13. The van der Waals surface area contributed by atoms with Gasteiger partial charge >= 0.3 is 0 Å². The zero-order valence-electron chi connectivity index (χ0n) is 15.8. The molecule has 0 bridgehead atoms. The third-order valence-corrected chi connectivity index (χ3v) is 9.60. The fourth-order valence-electron chi connectivity index (χ4n) is 3.82. The van der Waals surface area contributed by atoms with Gasteiger partial charge in [0.05, 0.1) is 6.16 Å². The van der Waals surface area contributed by atoms with Crippen LogP contribution in [-0.4, -0.2) is 6.16 Å². The topological polar surface area (TPSA) is 0 Å². The van der Waals surface area contributed by atoms with Gasteiger partial charge in [-0.2, -0.15) is 0 Å². The lowest BCUT2D eigenvalue weighted by molar-refractivity contribution is -0.00000520. The van der Waals surface area contributed by atoms with Crippen molar-refractivity contribution in [1.29, 1.82) is 0 Å². The van der Waals surface area contributed by atoms with Crippen LogP contribution < -0.4 is 39.9 Å². The van der Waals surface area contributed by atoms with E-state index in [1.165, 1.54) is 21.5 Å². The Bertz CT molecular complexity index is 858. The smallest absolute Gasteiger partial charge is 0.112 e. The molecule has 0 aliphatic carbocycles. The Morgan fingerprint density at radius 3 is 1.11 bits per heavy atom. The molecule has 0 aromatic heterocycles. The summed E-state index contributed by atoms with van der Waals surface area (Å²) in [4.78, 5) is 0. The molecule has 140 valence electrons. The average Bonchev–Trinajstić information content (AvgIpc) is 2.77. The molecule has 0 heterocycles. The van der Waals surface area contributed by atoms with Crippen LogP contribution in [0.3, 0.4) is 0 Å². The van der Waals surface area contributed by atoms with Crippen molar-refractivity contribution in [2.45, 2.75) is 6.42 Å². The molecule has 0 spiro atoms. The quantitative estimate of drug-likeness (QED) is 0.285. The Hall–Kier alpha value is -1.96. The first kappa shape index (κ1) is 20.8. The second-order valence-electron chi connectivity index (χ2n) is 6.78. The van der Waals surface area contributed by atoms with Gasteiger partial charge < -0.3 is 24.0 Å². The molecule has 4 aromatic rings. The minimum atomic E-state index is -1.72. The third kappa shape index (κ3) is 4.37. The maximum Gasteiger partial charge on any atom is 0.112 e. The fraction of sp³-hybridized carbons (Fsp3) is 0.0769. The minimum Gasteiger partial charge on any atom is -1.00 e. The Morgan fingerprint density at radius 1 is 0.429 bits per heavy atom. The average molecular weight is 494 g/mol. The third-order valence-electron chi connectivity index (χ3n) is 5.17. The molecule has 0 aliphatic rings. The molecule has 0 nitrogen and oxygen atoms in total. The molecular formula is C26H24IP. The molecular weight excluding hydrogens is 470 g/mol. The van der Waals surface area contributed by atoms with Gasteiger partial charge in [0.25, 0.3) is 0 Å². The van der Waals surface area contributed by atoms with Gasteiger partial charge in [-0.25, -0.2) is 0 Å². The van der Waals surface area contributed by atoms with Gasteiger partial charge in [-0.05, 0) is 42.0 Å². The zero-order chi connectivity index (χ0) is 18.4. The van der Waals surface area contributed by atoms with Gasteiger partial charge in [-0.3, -0.25) is 0 Å². The molecule has 2 heteroatoms. The van der Waals surface area contributed by atoms with Gasteiger partial charge in [-0.1, -0.05) is 84.9 Å². The minimum absolute atomic E-state index is 0. The van der Waals surface area contributed by atoms with E-state index >= 15 is 0 Å². The Balaban J connectivity index is 0.00000225. The van der Waals surface area contributed by atoms with Crippen molar-refractivity contribution in [1.82, 2.24) is 0 Å². The van der Waals surface area contributed by atoms with E-state index in [4.69, 9.17) is 0 Å². The highest BCUT2D eigenvalue weighted by molar-refractivity contribution is 7.95. The zero-order valence-corrected chi connectivity index (χ0v) is 18.8. The molecule has 0 saturated carbocycles. The SMILES string of the molecule is [I-].c1ccc(CC[P+](c2ccccc2)(c2ccccc2)c2ccccc2)cc1. The van der Waals surface area contributed by atoms with E-state index in [1.807, 2.05) is 0 Å². The van der Waals surface area contributed by atoms with Crippen LogP contribution in [-0.2, 0) is 6.42 Å². The number of halogens is 1. The number of rotatable bonds is 6. The maximum atomic E-state index is 2.32. The first-order valence-electron chi connectivity index (χ1n) is 9.48. The van der Waals surface area contributed by atoms with E-state index in [9.17, 15) is 0 Å². The highest BCUT2D eigenvalue weighted by Crippen LogP contribution is 2.55. The highest BCUT2D eigenvalue weighted by Gasteiger charge is 2.44. The highest BCUT2D eigenvalue weighted by atomic mass is 127. The van der Waals surface area contributed by atoms with Crippen molar-refractivity contribution in [2.24, 2.45) is 0 Å². The first-order valence-corrected chi connectivity index (χ1v) is 11.5. The summed E-state index contributed by atoms with van der Waals surface area (Å²) < 4.78 is 0. The Morgan fingerprint density at radius 2 is 0.750 bits per heavy atom. The lowest BCUT2D eigenvalue weighted by Gasteiger charge is -2.27. The van der Waals surface area contributed by atoms with E-state index in [0.717, 1.165) is 12.6 Å². The van der Waals surface area contributed by atoms with Crippen molar-refractivity contribution in [3.63, 3.8) is 0 Å². The van der Waals surface area contributed by atoms with Gasteiger partial charge in [0.15, 0.2) is 0 Å². The van der Waals surface area contributed by atoms with Crippen molar-refractivity contribution in [3.05, 3.63) is 127 Å². The van der Waals surface area contributed by atoms with Crippen LogP contribution in [0, 0.1) is 0 Å². The van der Waals surface area contributed by atoms with Crippen LogP contribution in [0.4, 0.5) is 0 Å².